The number of nitrogens with zero attached hydrogens (tertiary/aromatic N) is 1. The van der Waals surface area contributed by atoms with Gasteiger partial charge < -0.3 is 20.7 Å². The van der Waals surface area contributed by atoms with Crippen molar-refractivity contribution in [2.75, 3.05) is 18.0 Å². The number of piperidine rings is 1. The molecule has 1 aliphatic heterocycles. The van der Waals surface area contributed by atoms with E-state index in [0.29, 0.717) is 37.2 Å². The van der Waals surface area contributed by atoms with E-state index in [1.165, 1.54) is 6.07 Å². The zero-order valence-corrected chi connectivity index (χ0v) is 18.9. The molecule has 2 rings (SSSR count). The topological polar surface area (TPSA) is 181 Å². The van der Waals surface area contributed by atoms with Crippen molar-refractivity contribution in [3.8, 4) is 0 Å². The lowest BCUT2D eigenvalue weighted by Gasteiger charge is -2.35. The number of alkyl carbamates (subject to hydrolysis) is 1. The monoisotopic (exact) mass is 454 g/mol. The molecule has 0 unspecified atom stereocenters. The Kier molecular flexibility index (Phi) is 7.17. The van der Waals surface area contributed by atoms with E-state index in [9.17, 15) is 18.0 Å². The van der Waals surface area contributed by atoms with E-state index in [4.69, 9.17) is 21.0 Å². The van der Waals surface area contributed by atoms with Gasteiger partial charge in [-0.2, -0.15) is 0 Å². The summed E-state index contributed by atoms with van der Waals surface area (Å²) in [5.41, 5.74) is 5.60. The van der Waals surface area contributed by atoms with Crippen LogP contribution in [0.4, 0.5) is 10.5 Å². The Hall–Kier alpha value is -2.86. The van der Waals surface area contributed by atoms with Gasteiger partial charge in [-0.1, -0.05) is 0 Å². The Morgan fingerprint density at radius 3 is 2.29 bits per heavy atom. The van der Waals surface area contributed by atoms with Crippen LogP contribution in [-0.2, 0) is 14.8 Å². The molecule has 1 aliphatic rings. The highest BCUT2D eigenvalue weighted by Crippen LogP contribution is 2.30. The molecule has 31 heavy (non-hydrogen) atoms. The van der Waals surface area contributed by atoms with E-state index in [0.717, 1.165) is 0 Å². The predicted molar refractivity (Wildman–Crippen MR) is 117 cm³/mol. The van der Waals surface area contributed by atoms with Crippen LogP contribution in [-0.4, -0.2) is 51.1 Å². The van der Waals surface area contributed by atoms with Gasteiger partial charge in [0.15, 0.2) is 5.96 Å². The molecule has 0 aromatic heterocycles. The maximum Gasteiger partial charge on any atom is 0.407 e. The van der Waals surface area contributed by atoms with Crippen LogP contribution in [0.15, 0.2) is 17.0 Å². The van der Waals surface area contributed by atoms with Gasteiger partial charge in [0.05, 0.1) is 4.90 Å². The minimum atomic E-state index is -4.09. The molecular weight excluding hydrogens is 424 g/mol. The van der Waals surface area contributed by atoms with Gasteiger partial charge in [0.25, 0.3) is 5.91 Å². The fourth-order valence-corrected chi connectivity index (χ4v) is 4.18. The lowest BCUT2D eigenvalue weighted by molar-refractivity contribution is 0.0497. The van der Waals surface area contributed by atoms with Gasteiger partial charge in [0, 0.05) is 30.4 Å². The number of anilines is 1. The van der Waals surface area contributed by atoms with Gasteiger partial charge in [-0.05, 0) is 58.2 Å². The molecule has 12 heteroatoms. The van der Waals surface area contributed by atoms with Crippen LogP contribution in [0.5, 0.6) is 0 Å². The highest BCUT2D eigenvalue weighted by molar-refractivity contribution is 7.89. The normalized spacial score (nSPS) is 15.3. The summed E-state index contributed by atoms with van der Waals surface area (Å²) in [5.74, 6) is -1.27. The molecule has 1 aromatic rings. The highest BCUT2D eigenvalue weighted by atomic mass is 32.2. The summed E-state index contributed by atoms with van der Waals surface area (Å²) in [7, 11) is -4.09. The van der Waals surface area contributed by atoms with Crippen LogP contribution in [0.1, 0.15) is 49.5 Å². The molecule has 1 saturated heterocycles. The highest BCUT2D eigenvalue weighted by Gasteiger charge is 2.27. The van der Waals surface area contributed by atoms with Crippen molar-refractivity contribution in [1.82, 2.24) is 10.6 Å². The molecule has 0 atom stereocenters. The van der Waals surface area contributed by atoms with Crippen LogP contribution < -0.4 is 26.4 Å². The molecule has 0 bridgehead atoms. The minimum absolute atomic E-state index is 0.0221. The number of benzene rings is 1. The molecule has 172 valence electrons. The maximum atomic E-state index is 12.3. The number of amides is 2. The van der Waals surface area contributed by atoms with Gasteiger partial charge in [0.1, 0.15) is 5.60 Å². The molecule has 0 aliphatic carbocycles. The quantitative estimate of drug-likeness (QED) is 0.329. The Morgan fingerprint density at radius 2 is 1.81 bits per heavy atom. The second kappa shape index (κ2) is 9.10. The number of guanidine groups is 1. The molecule has 2 amide bonds. The maximum absolute atomic E-state index is 12.3. The Labute approximate surface area is 182 Å². The lowest BCUT2D eigenvalue weighted by atomic mass is 10.0. The van der Waals surface area contributed by atoms with Crippen LogP contribution in [0.2, 0.25) is 0 Å². The van der Waals surface area contributed by atoms with E-state index in [2.05, 4.69) is 10.6 Å². The number of primary sulfonamides is 1. The first kappa shape index (κ1) is 24.4. The molecule has 0 saturated carbocycles. The number of ether oxygens (including phenoxy) is 1. The zero-order valence-electron chi connectivity index (χ0n) is 18.1. The first-order chi connectivity index (χ1) is 14.2. The fraction of sp³-hybridized carbons (Fsp3) is 0.526. The number of carbonyl (C=O) groups excluding carboxylic acids is 2. The molecule has 1 fully saturated rings. The van der Waals surface area contributed by atoms with E-state index in [-0.39, 0.29) is 16.5 Å². The first-order valence-electron chi connectivity index (χ1n) is 9.74. The van der Waals surface area contributed by atoms with Crippen LogP contribution in [0.3, 0.4) is 0 Å². The molecule has 1 aromatic carbocycles. The lowest BCUT2D eigenvalue weighted by Crippen LogP contribution is -2.46. The first-order valence-corrected chi connectivity index (χ1v) is 11.3. The largest absolute Gasteiger partial charge is 0.444 e. The van der Waals surface area contributed by atoms with Crippen molar-refractivity contribution in [1.29, 1.82) is 5.41 Å². The van der Waals surface area contributed by atoms with Gasteiger partial charge in [-0.15, -0.1) is 0 Å². The van der Waals surface area contributed by atoms with Crippen molar-refractivity contribution in [2.45, 2.75) is 57.1 Å². The van der Waals surface area contributed by atoms with Gasteiger partial charge in [-0.3, -0.25) is 15.5 Å². The second-order valence-corrected chi connectivity index (χ2v) is 9.97. The molecule has 11 nitrogen and oxygen atoms in total. The number of hydrogen-bond donors (Lipinski definition) is 5. The smallest absolute Gasteiger partial charge is 0.407 e. The average molecular weight is 455 g/mol. The number of nitrogens with one attached hydrogen (secondary N) is 3. The molecule has 7 N–H and O–H groups in total. The fourth-order valence-electron chi connectivity index (χ4n) is 3.36. The number of sulfonamides is 1. The third-order valence-corrected chi connectivity index (χ3v) is 5.74. The minimum Gasteiger partial charge on any atom is -0.444 e. The van der Waals surface area contributed by atoms with Gasteiger partial charge in [0.2, 0.25) is 10.0 Å². The number of carbonyl (C=O) groups is 2. The number of nitrogens with two attached hydrogens (primary N) is 2. The third-order valence-electron chi connectivity index (χ3n) is 4.71. The molecule has 0 spiro atoms. The van der Waals surface area contributed by atoms with Gasteiger partial charge in [-0.25, -0.2) is 18.4 Å². The summed E-state index contributed by atoms with van der Waals surface area (Å²) in [6, 6.07) is 2.63. The predicted octanol–water partition coefficient (Wildman–Crippen LogP) is 0.759. The second-order valence-electron chi connectivity index (χ2n) is 8.44. The standard InChI is InChI=1S/C19H30N6O5S/c1-11-14(9-12(16(26)24-17(20)21)10-15(11)31(22,28)29)25-7-5-13(6-8-25)23-18(27)30-19(2,3)4/h9-10,13H,5-8H2,1-4H3,(H,23,27)(H2,22,28,29)(H4,20,21,24,26). The summed E-state index contributed by atoms with van der Waals surface area (Å²) in [6.45, 7) is 8.02. The molecule has 0 radical (unpaired) electrons. The van der Waals surface area contributed by atoms with Crippen molar-refractivity contribution < 1.29 is 22.7 Å². The third kappa shape index (κ3) is 6.82. The average Bonchev–Trinajstić information content (AvgIpc) is 2.59. The number of rotatable bonds is 4. The number of hydrogen-bond acceptors (Lipinski definition) is 7. The summed E-state index contributed by atoms with van der Waals surface area (Å²) in [6.07, 6.45) is 0.724. The Balaban J connectivity index is 2.23. The SMILES string of the molecule is Cc1c(N2CCC(NC(=O)OC(C)(C)C)CC2)cc(C(=O)NC(=N)N)cc1S(N)(=O)=O. The summed E-state index contributed by atoms with van der Waals surface area (Å²) in [5, 5.41) is 17.6. The summed E-state index contributed by atoms with van der Waals surface area (Å²) in [4.78, 5) is 26.1. The van der Waals surface area contributed by atoms with E-state index >= 15 is 0 Å². The Morgan fingerprint density at radius 1 is 1.23 bits per heavy atom. The van der Waals surface area contributed by atoms with Crippen LogP contribution >= 0.6 is 0 Å². The summed E-state index contributed by atoms with van der Waals surface area (Å²) < 4.78 is 29.4. The van der Waals surface area contributed by atoms with E-state index in [1.807, 2.05) is 4.90 Å². The zero-order chi connectivity index (χ0) is 23.6. The van der Waals surface area contributed by atoms with Crippen LogP contribution in [0, 0.1) is 12.3 Å². The Bertz CT molecular complexity index is 978. The van der Waals surface area contributed by atoms with E-state index in [1.54, 1.807) is 33.8 Å². The van der Waals surface area contributed by atoms with Gasteiger partial charge >= 0.3 is 6.09 Å². The van der Waals surface area contributed by atoms with Crippen LogP contribution in [0.25, 0.3) is 0 Å². The van der Waals surface area contributed by atoms with E-state index < -0.39 is 33.6 Å². The molecule has 1 heterocycles. The van der Waals surface area contributed by atoms with Crippen molar-refractivity contribution in [3.05, 3.63) is 23.3 Å². The molecular formula is C19H30N6O5S. The van der Waals surface area contributed by atoms with Crippen molar-refractivity contribution in [2.24, 2.45) is 10.9 Å². The van der Waals surface area contributed by atoms with Crippen molar-refractivity contribution >= 4 is 33.7 Å². The summed E-state index contributed by atoms with van der Waals surface area (Å²) >= 11 is 0. The van der Waals surface area contributed by atoms with Crippen molar-refractivity contribution in [3.63, 3.8) is 0 Å².